The number of hydrogen-bond acceptors (Lipinski definition) is 3. The lowest BCUT2D eigenvalue weighted by atomic mass is 10.1. The first kappa shape index (κ1) is 15.3. The second-order valence-corrected chi connectivity index (χ2v) is 6.49. The Kier molecular flexibility index (Phi) is 6.62. The van der Waals surface area contributed by atoms with Crippen LogP contribution in [0, 0.1) is 0 Å². The highest BCUT2D eigenvalue weighted by atomic mass is 16.5. The van der Waals surface area contributed by atoms with Crippen molar-refractivity contribution in [1.82, 2.24) is 10.2 Å². The summed E-state index contributed by atoms with van der Waals surface area (Å²) in [6.07, 6.45) is 9.61. The molecule has 3 nitrogen and oxygen atoms in total. The third-order valence-corrected chi connectivity index (χ3v) is 4.67. The van der Waals surface area contributed by atoms with Gasteiger partial charge in [-0.05, 0) is 78.4 Å². The molecule has 0 saturated carbocycles. The molecule has 3 heteroatoms. The van der Waals surface area contributed by atoms with Crippen molar-refractivity contribution < 1.29 is 4.74 Å². The Morgan fingerprint density at radius 2 is 2.00 bits per heavy atom. The summed E-state index contributed by atoms with van der Waals surface area (Å²) in [6.45, 7) is 9.29. The van der Waals surface area contributed by atoms with Gasteiger partial charge in [-0.25, -0.2) is 0 Å². The van der Waals surface area contributed by atoms with Gasteiger partial charge in [0.15, 0.2) is 0 Å². The molecule has 112 valence electrons. The van der Waals surface area contributed by atoms with Gasteiger partial charge in [0.25, 0.3) is 0 Å². The summed E-state index contributed by atoms with van der Waals surface area (Å²) in [4.78, 5) is 2.62. The van der Waals surface area contributed by atoms with Crippen LogP contribution < -0.4 is 5.32 Å². The topological polar surface area (TPSA) is 24.5 Å². The minimum Gasteiger partial charge on any atom is -0.378 e. The molecular formula is C16H32N2O. The summed E-state index contributed by atoms with van der Waals surface area (Å²) in [6, 6.07) is 1.43. The largest absolute Gasteiger partial charge is 0.378 e. The monoisotopic (exact) mass is 268 g/mol. The molecule has 2 unspecified atom stereocenters. The van der Waals surface area contributed by atoms with E-state index < -0.39 is 0 Å². The second-order valence-electron chi connectivity index (χ2n) is 6.49. The molecule has 2 fully saturated rings. The van der Waals surface area contributed by atoms with Crippen molar-refractivity contribution in [1.29, 1.82) is 0 Å². The zero-order chi connectivity index (χ0) is 13.5. The molecule has 2 aliphatic heterocycles. The molecule has 2 aliphatic rings. The van der Waals surface area contributed by atoms with Crippen molar-refractivity contribution in [2.24, 2.45) is 0 Å². The highest BCUT2D eigenvalue weighted by Crippen LogP contribution is 2.16. The Hall–Kier alpha value is -0.120. The van der Waals surface area contributed by atoms with Gasteiger partial charge in [0.1, 0.15) is 0 Å². The number of ether oxygens (including phenoxy) is 1. The normalized spacial score (nSPS) is 30.5. The van der Waals surface area contributed by atoms with Crippen LogP contribution >= 0.6 is 0 Å². The van der Waals surface area contributed by atoms with Crippen molar-refractivity contribution in [3.05, 3.63) is 0 Å². The summed E-state index contributed by atoms with van der Waals surface area (Å²) < 4.78 is 5.79. The minimum atomic E-state index is 0.527. The van der Waals surface area contributed by atoms with Crippen LogP contribution in [0.15, 0.2) is 0 Å². The van der Waals surface area contributed by atoms with E-state index in [9.17, 15) is 0 Å². The van der Waals surface area contributed by atoms with E-state index in [0.717, 1.165) is 19.2 Å². The fourth-order valence-corrected chi connectivity index (χ4v) is 3.32. The Morgan fingerprint density at radius 3 is 2.74 bits per heavy atom. The molecule has 0 amide bonds. The molecule has 0 radical (unpaired) electrons. The summed E-state index contributed by atoms with van der Waals surface area (Å²) in [5, 5.41) is 3.76. The second kappa shape index (κ2) is 8.23. The number of nitrogens with one attached hydrogen (secondary N) is 1. The maximum atomic E-state index is 5.79. The molecule has 0 aromatic carbocycles. The van der Waals surface area contributed by atoms with Crippen molar-refractivity contribution in [3.8, 4) is 0 Å². The molecule has 2 rings (SSSR count). The molecule has 1 N–H and O–H groups in total. The summed E-state index contributed by atoms with van der Waals surface area (Å²) in [5.74, 6) is 0. The van der Waals surface area contributed by atoms with Crippen molar-refractivity contribution in [2.45, 2.75) is 77.0 Å². The minimum absolute atomic E-state index is 0.527. The summed E-state index contributed by atoms with van der Waals surface area (Å²) in [5.41, 5.74) is 0. The fraction of sp³-hybridized carbons (Fsp3) is 1.00. The van der Waals surface area contributed by atoms with Crippen LogP contribution in [0.3, 0.4) is 0 Å². The van der Waals surface area contributed by atoms with Crippen LogP contribution in [0.5, 0.6) is 0 Å². The van der Waals surface area contributed by atoms with Crippen LogP contribution in [0.4, 0.5) is 0 Å². The van der Waals surface area contributed by atoms with Crippen molar-refractivity contribution in [3.63, 3.8) is 0 Å². The first-order chi connectivity index (χ1) is 9.25. The lowest BCUT2D eigenvalue weighted by molar-refractivity contribution is 0.0111. The van der Waals surface area contributed by atoms with E-state index in [0.29, 0.717) is 12.1 Å². The molecule has 0 spiro atoms. The van der Waals surface area contributed by atoms with E-state index >= 15 is 0 Å². The zero-order valence-corrected chi connectivity index (χ0v) is 12.9. The first-order valence-electron chi connectivity index (χ1n) is 8.34. The molecule has 19 heavy (non-hydrogen) atoms. The van der Waals surface area contributed by atoms with E-state index in [1.807, 2.05) is 0 Å². The van der Waals surface area contributed by atoms with Gasteiger partial charge in [0.2, 0.25) is 0 Å². The van der Waals surface area contributed by atoms with Gasteiger partial charge in [0, 0.05) is 18.7 Å². The first-order valence-corrected chi connectivity index (χ1v) is 8.34. The van der Waals surface area contributed by atoms with Crippen LogP contribution in [-0.4, -0.2) is 49.3 Å². The van der Waals surface area contributed by atoms with Gasteiger partial charge in [-0.15, -0.1) is 0 Å². The summed E-state index contributed by atoms with van der Waals surface area (Å²) >= 11 is 0. The highest BCUT2D eigenvalue weighted by Gasteiger charge is 2.19. The van der Waals surface area contributed by atoms with Gasteiger partial charge in [-0.2, -0.15) is 0 Å². The Labute approximate surface area is 119 Å². The van der Waals surface area contributed by atoms with E-state index in [1.165, 1.54) is 58.0 Å². The van der Waals surface area contributed by atoms with E-state index in [4.69, 9.17) is 4.74 Å². The quantitative estimate of drug-likeness (QED) is 0.830. The standard InChI is InChI=1S/C16H32N2O/c1-14(2)18-11-5-6-15(9-12-18)17-10-8-16-7-3-4-13-19-16/h14-17H,3-13H2,1-2H3. The Bertz CT molecular complexity index is 239. The molecular weight excluding hydrogens is 236 g/mol. The lowest BCUT2D eigenvalue weighted by Gasteiger charge is -2.25. The van der Waals surface area contributed by atoms with Gasteiger partial charge in [-0.3, -0.25) is 0 Å². The van der Waals surface area contributed by atoms with E-state index in [1.54, 1.807) is 0 Å². The Balaban J connectivity index is 1.60. The van der Waals surface area contributed by atoms with Gasteiger partial charge < -0.3 is 15.0 Å². The summed E-state index contributed by atoms with van der Waals surface area (Å²) in [7, 11) is 0. The highest BCUT2D eigenvalue weighted by molar-refractivity contribution is 4.77. The predicted molar refractivity (Wildman–Crippen MR) is 80.6 cm³/mol. The molecule has 0 bridgehead atoms. The zero-order valence-electron chi connectivity index (χ0n) is 12.9. The lowest BCUT2D eigenvalue weighted by Crippen LogP contribution is -2.35. The SMILES string of the molecule is CC(C)N1CCCC(NCCC2CCCCO2)CC1. The third-order valence-electron chi connectivity index (χ3n) is 4.67. The predicted octanol–water partition coefficient (Wildman–Crippen LogP) is 2.80. The maximum absolute atomic E-state index is 5.79. The van der Waals surface area contributed by atoms with E-state index in [2.05, 4.69) is 24.1 Å². The Morgan fingerprint density at radius 1 is 1.11 bits per heavy atom. The molecule has 0 aliphatic carbocycles. The van der Waals surface area contributed by atoms with Gasteiger partial charge in [-0.1, -0.05) is 0 Å². The van der Waals surface area contributed by atoms with Crippen LogP contribution in [-0.2, 0) is 4.74 Å². The molecule has 2 saturated heterocycles. The third kappa shape index (κ3) is 5.41. The fourth-order valence-electron chi connectivity index (χ4n) is 3.32. The van der Waals surface area contributed by atoms with Crippen LogP contribution in [0.25, 0.3) is 0 Å². The smallest absolute Gasteiger partial charge is 0.0587 e. The van der Waals surface area contributed by atoms with Crippen LogP contribution in [0.1, 0.15) is 58.8 Å². The molecule has 2 atom stereocenters. The van der Waals surface area contributed by atoms with Crippen molar-refractivity contribution >= 4 is 0 Å². The number of rotatable bonds is 5. The molecule has 2 heterocycles. The van der Waals surface area contributed by atoms with E-state index in [-0.39, 0.29) is 0 Å². The average Bonchev–Trinajstić information content (AvgIpc) is 2.66. The average molecular weight is 268 g/mol. The maximum Gasteiger partial charge on any atom is 0.0587 e. The van der Waals surface area contributed by atoms with Crippen molar-refractivity contribution in [2.75, 3.05) is 26.2 Å². The van der Waals surface area contributed by atoms with Gasteiger partial charge >= 0.3 is 0 Å². The molecule has 0 aromatic heterocycles. The number of hydrogen-bond donors (Lipinski definition) is 1. The van der Waals surface area contributed by atoms with Gasteiger partial charge in [0.05, 0.1) is 6.10 Å². The number of likely N-dealkylation sites (tertiary alicyclic amines) is 1. The molecule has 0 aromatic rings. The van der Waals surface area contributed by atoms with Crippen LogP contribution in [0.2, 0.25) is 0 Å². The number of nitrogens with zero attached hydrogens (tertiary/aromatic N) is 1.